The zero-order valence-electron chi connectivity index (χ0n) is 11.4. The lowest BCUT2D eigenvalue weighted by Gasteiger charge is -2.25. The molecule has 2 rings (SSSR count). The van der Waals surface area contributed by atoms with Crippen LogP contribution in [0.3, 0.4) is 0 Å². The Morgan fingerprint density at radius 2 is 1.85 bits per heavy atom. The summed E-state index contributed by atoms with van der Waals surface area (Å²) in [5.74, 6) is -0.395. The molecule has 0 aliphatic carbocycles. The highest BCUT2D eigenvalue weighted by Crippen LogP contribution is 2.07. The van der Waals surface area contributed by atoms with Gasteiger partial charge in [0.05, 0.1) is 12.8 Å². The van der Waals surface area contributed by atoms with Gasteiger partial charge in [0.15, 0.2) is 0 Å². The van der Waals surface area contributed by atoms with Gasteiger partial charge in [0.25, 0.3) is 5.91 Å². The molecule has 1 aliphatic rings. The van der Waals surface area contributed by atoms with Crippen molar-refractivity contribution < 1.29 is 9.59 Å². The molecule has 1 aromatic carbocycles. The number of carbonyl (C=O) groups excluding carboxylic acids is 2. The Kier molecular flexibility index (Phi) is 5.43. The fraction of sp³-hybridized carbons (Fsp3) is 0.400. The zero-order chi connectivity index (χ0) is 14.2. The zero-order valence-corrected chi connectivity index (χ0v) is 11.4. The first-order valence-electron chi connectivity index (χ1n) is 6.89. The minimum atomic E-state index is -0.219. The molecule has 0 saturated carbocycles. The molecule has 0 bridgehead atoms. The van der Waals surface area contributed by atoms with Crippen molar-refractivity contribution in [3.05, 3.63) is 35.9 Å². The van der Waals surface area contributed by atoms with Gasteiger partial charge in [-0.05, 0) is 25.9 Å². The van der Waals surface area contributed by atoms with Crippen LogP contribution in [0.15, 0.2) is 35.4 Å². The number of nitrogens with one attached hydrogen (secondary N) is 1. The third-order valence-electron chi connectivity index (χ3n) is 3.25. The van der Waals surface area contributed by atoms with Crippen LogP contribution in [-0.2, 0) is 4.79 Å². The molecule has 1 saturated heterocycles. The van der Waals surface area contributed by atoms with Crippen LogP contribution in [0.25, 0.3) is 0 Å². The summed E-state index contributed by atoms with van der Waals surface area (Å²) in [5.41, 5.74) is 2.96. The van der Waals surface area contributed by atoms with Gasteiger partial charge >= 0.3 is 0 Å². The van der Waals surface area contributed by atoms with Crippen molar-refractivity contribution in [3.63, 3.8) is 0 Å². The number of hydrazone groups is 1. The first-order chi connectivity index (χ1) is 9.75. The summed E-state index contributed by atoms with van der Waals surface area (Å²) in [5, 5.41) is 3.71. The summed E-state index contributed by atoms with van der Waals surface area (Å²) in [6.45, 7) is 2.26. The maximum atomic E-state index is 11.7. The molecule has 1 aromatic rings. The lowest BCUT2D eigenvalue weighted by atomic mass is 10.1. The maximum absolute atomic E-state index is 11.7. The number of likely N-dealkylation sites (tertiary alicyclic amines) is 1. The molecule has 1 N–H and O–H groups in total. The summed E-state index contributed by atoms with van der Waals surface area (Å²) in [6, 6.07) is 8.84. The van der Waals surface area contributed by atoms with Crippen molar-refractivity contribution in [2.75, 3.05) is 19.6 Å². The maximum Gasteiger partial charge on any atom is 0.254 e. The number of benzene rings is 1. The number of Topliss-reactive ketones (excluding diaryl/α,β-unsaturated/α-hetero) is 1. The molecule has 1 fully saturated rings. The topological polar surface area (TPSA) is 61.8 Å². The second kappa shape index (κ2) is 7.55. The summed E-state index contributed by atoms with van der Waals surface area (Å²) >= 11 is 0. The van der Waals surface area contributed by atoms with Gasteiger partial charge in [0.2, 0.25) is 5.78 Å². The molecule has 0 aromatic heterocycles. The fourth-order valence-corrected chi connectivity index (χ4v) is 2.20. The van der Waals surface area contributed by atoms with E-state index in [1.807, 2.05) is 6.07 Å². The first-order valence-corrected chi connectivity index (χ1v) is 6.89. The second-order valence-corrected chi connectivity index (χ2v) is 4.86. The van der Waals surface area contributed by atoms with Crippen molar-refractivity contribution >= 4 is 17.9 Å². The van der Waals surface area contributed by atoms with E-state index in [1.165, 1.54) is 6.42 Å². The number of rotatable bonds is 5. The fourth-order valence-electron chi connectivity index (χ4n) is 2.20. The normalized spacial score (nSPS) is 16.2. The molecule has 1 amide bonds. The number of amides is 1. The van der Waals surface area contributed by atoms with Crippen LogP contribution in [-0.4, -0.2) is 42.4 Å². The average molecular weight is 273 g/mol. The van der Waals surface area contributed by atoms with E-state index in [4.69, 9.17) is 0 Å². The summed E-state index contributed by atoms with van der Waals surface area (Å²) in [7, 11) is 0. The Morgan fingerprint density at radius 1 is 1.15 bits per heavy atom. The highest BCUT2D eigenvalue weighted by Gasteiger charge is 2.13. The minimum absolute atomic E-state index is 0.177. The van der Waals surface area contributed by atoms with Crippen LogP contribution in [0.1, 0.15) is 29.6 Å². The van der Waals surface area contributed by atoms with Gasteiger partial charge in [-0.3, -0.25) is 14.5 Å². The van der Waals surface area contributed by atoms with Gasteiger partial charge in [-0.1, -0.05) is 36.8 Å². The third kappa shape index (κ3) is 4.59. The Bertz CT molecular complexity index is 479. The molecule has 0 spiro atoms. The van der Waals surface area contributed by atoms with Crippen LogP contribution in [0.5, 0.6) is 0 Å². The molecule has 1 aliphatic heterocycles. The molecule has 106 valence electrons. The SMILES string of the molecule is O=C(CN1CCCCC1)N/N=C\C(=O)c1ccccc1. The van der Waals surface area contributed by atoms with Crippen molar-refractivity contribution in [2.45, 2.75) is 19.3 Å². The second-order valence-electron chi connectivity index (χ2n) is 4.86. The van der Waals surface area contributed by atoms with E-state index in [-0.39, 0.29) is 11.7 Å². The van der Waals surface area contributed by atoms with Gasteiger partial charge in [-0.2, -0.15) is 5.10 Å². The Morgan fingerprint density at radius 3 is 2.55 bits per heavy atom. The van der Waals surface area contributed by atoms with E-state index in [9.17, 15) is 9.59 Å². The molecule has 5 heteroatoms. The van der Waals surface area contributed by atoms with Crippen molar-refractivity contribution in [2.24, 2.45) is 5.10 Å². The average Bonchev–Trinajstić information content (AvgIpc) is 2.49. The van der Waals surface area contributed by atoms with Crippen LogP contribution in [0.2, 0.25) is 0 Å². The number of nitrogens with zero attached hydrogens (tertiary/aromatic N) is 2. The van der Waals surface area contributed by atoms with E-state index in [0.717, 1.165) is 32.1 Å². The number of carbonyl (C=O) groups is 2. The van der Waals surface area contributed by atoms with E-state index in [1.54, 1.807) is 24.3 Å². The highest BCUT2D eigenvalue weighted by molar-refractivity contribution is 6.35. The molecule has 5 nitrogen and oxygen atoms in total. The third-order valence-corrected chi connectivity index (χ3v) is 3.25. The predicted molar refractivity (Wildman–Crippen MR) is 77.7 cm³/mol. The Labute approximate surface area is 118 Å². The van der Waals surface area contributed by atoms with Gasteiger partial charge in [0, 0.05) is 5.56 Å². The molecule has 0 radical (unpaired) electrons. The van der Waals surface area contributed by atoms with E-state index in [0.29, 0.717) is 12.1 Å². The lowest BCUT2D eigenvalue weighted by Crippen LogP contribution is -2.38. The number of ketones is 1. The van der Waals surface area contributed by atoms with Crippen LogP contribution >= 0.6 is 0 Å². The number of hydrogen-bond acceptors (Lipinski definition) is 4. The van der Waals surface area contributed by atoms with E-state index >= 15 is 0 Å². The van der Waals surface area contributed by atoms with Gasteiger partial charge in [-0.15, -0.1) is 0 Å². The highest BCUT2D eigenvalue weighted by atomic mass is 16.2. The van der Waals surface area contributed by atoms with Gasteiger partial charge in [0.1, 0.15) is 0 Å². The van der Waals surface area contributed by atoms with Gasteiger partial charge in [-0.25, -0.2) is 5.43 Å². The van der Waals surface area contributed by atoms with Crippen molar-refractivity contribution in [1.29, 1.82) is 0 Å². The predicted octanol–water partition coefficient (Wildman–Crippen LogP) is 1.46. The monoisotopic (exact) mass is 273 g/mol. The van der Waals surface area contributed by atoms with Crippen LogP contribution in [0.4, 0.5) is 0 Å². The van der Waals surface area contributed by atoms with E-state index in [2.05, 4.69) is 15.4 Å². The summed E-state index contributed by atoms with van der Waals surface area (Å²) < 4.78 is 0. The largest absolute Gasteiger partial charge is 0.294 e. The molecular weight excluding hydrogens is 254 g/mol. The standard InChI is InChI=1S/C15H19N3O2/c19-14(13-7-3-1-4-8-13)11-16-17-15(20)12-18-9-5-2-6-10-18/h1,3-4,7-8,11H,2,5-6,9-10,12H2,(H,17,20)/b16-11-. The van der Waals surface area contributed by atoms with Gasteiger partial charge < -0.3 is 0 Å². The minimum Gasteiger partial charge on any atom is -0.294 e. The lowest BCUT2D eigenvalue weighted by molar-refractivity contribution is -0.122. The van der Waals surface area contributed by atoms with E-state index < -0.39 is 0 Å². The molecule has 0 unspecified atom stereocenters. The molecule has 1 heterocycles. The Balaban J connectivity index is 1.75. The van der Waals surface area contributed by atoms with Crippen molar-refractivity contribution in [1.82, 2.24) is 10.3 Å². The van der Waals surface area contributed by atoms with Crippen molar-refractivity contribution in [3.8, 4) is 0 Å². The summed E-state index contributed by atoms with van der Waals surface area (Å²) in [4.78, 5) is 25.5. The molecule has 20 heavy (non-hydrogen) atoms. The smallest absolute Gasteiger partial charge is 0.254 e. The Hall–Kier alpha value is -2.01. The van der Waals surface area contributed by atoms with Crippen LogP contribution in [0, 0.1) is 0 Å². The van der Waals surface area contributed by atoms with Crippen LogP contribution < -0.4 is 5.43 Å². The quantitative estimate of drug-likeness (QED) is 0.502. The molecular formula is C15H19N3O2. The first kappa shape index (κ1) is 14.4. The molecule has 0 atom stereocenters. The number of piperidine rings is 1. The number of hydrogen-bond donors (Lipinski definition) is 1. The summed E-state index contributed by atoms with van der Waals surface area (Å²) in [6.07, 6.45) is 4.66.